The van der Waals surface area contributed by atoms with Crippen molar-refractivity contribution in [2.45, 2.75) is 4.90 Å². The van der Waals surface area contributed by atoms with Gasteiger partial charge in [-0.2, -0.15) is 5.26 Å². The minimum absolute atomic E-state index is 0.0737. The Morgan fingerprint density at radius 1 is 1.19 bits per heavy atom. The summed E-state index contributed by atoms with van der Waals surface area (Å²) in [5.41, 5.74) is -0.507. The Kier molecular flexibility index (Phi) is 4.25. The van der Waals surface area contributed by atoms with Crippen LogP contribution in [0.25, 0.3) is 0 Å². The van der Waals surface area contributed by atoms with E-state index in [0.717, 1.165) is 24.3 Å². The van der Waals surface area contributed by atoms with E-state index < -0.39 is 32.1 Å². The second-order valence-electron chi connectivity index (χ2n) is 3.95. The Labute approximate surface area is 128 Å². The van der Waals surface area contributed by atoms with Crippen molar-refractivity contribution in [3.05, 3.63) is 58.1 Å². The predicted molar refractivity (Wildman–Crippen MR) is 76.0 cm³/mol. The molecule has 2 aromatic rings. The number of sulfonamides is 1. The lowest BCUT2D eigenvalue weighted by Crippen LogP contribution is -2.15. The second-order valence-corrected chi connectivity index (χ2v) is 6.46. The summed E-state index contributed by atoms with van der Waals surface area (Å²) >= 11 is 3.02. The van der Waals surface area contributed by atoms with Crippen LogP contribution in [0.3, 0.4) is 0 Å². The Morgan fingerprint density at radius 3 is 2.52 bits per heavy atom. The van der Waals surface area contributed by atoms with Crippen LogP contribution in [0, 0.1) is 23.0 Å². The lowest BCUT2D eigenvalue weighted by Gasteiger charge is -2.11. The van der Waals surface area contributed by atoms with Gasteiger partial charge in [-0.1, -0.05) is 6.07 Å². The van der Waals surface area contributed by atoms with Crippen molar-refractivity contribution in [3.63, 3.8) is 0 Å². The van der Waals surface area contributed by atoms with Crippen molar-refractivity contribution in [1.82, 2.24) is 0 Å². The molecular formula is C13H7BrF2N2O2S. The molecule has 0 amide bonds. The Morgan fingerprint density at radius 2 is 1.90 bits per heavy atom. The van der Waals surface area contributed by atoms with E-state index in [-0.39, 0.29) is 10.2 Å². The molecule has 0 spiro atoms. The van der Waals surface area contributed by atoms with Gasteiger partial charge in [-0.05, 0) is 46.3 Å². The summed E-state index contributed by atoms with van der Waals surface area (Å²) in [7, 11) is -4.18. The molecule has 108 valence electrons. The highest BCUT2D eigenvalue weighted by Gasteiger charge is 2.22. The Bertz CT molecular complexity index is 848. The maximum absolute atomic E-state index is 13.5. The zero-order chi connectivity index (χ0) is 15.6. The molecular weight excluding hydrogens is 366 g/mol. The zero-order valence-electron chi connectivity index (χ0n) is 10.3. The van der Waals surface area contributed by atoms with Gasteiger partial charge in [0.25, 0.3) is 10.0 Å². The highest BCUT2D eigenvalue weighted by atomic mass is 79.9. The first kappa shape index (κ1) is 15.4. The average Bonchev–Trinajstić information content (AvgIpc) is 2.41. The van der Waals surface area contributed by atoms with Gasteiger partial charge in [0.05, 0.1) is 5.69 Å². The molecule has 0 aliphatic carbocycles. The number of nitrogens with zero attached hydrogens (tertiary/aromatic N) is 1. The third-order valence-electron chi connectivity index (χ3n) is 2.55. The number of halogens is 3. The average molecular weight is 373 g/mol. The third kappa shape index (κ3) is 3.20. The summed E-state index contributed by atoms with van der Waals surface area (Å²) in [6, 6.07) is 8.16. The van der Waals surface area contributed by atoms with Gasteiger partial charge in [0.1, 0.15) is 28.2 Å². The van der Waals surface area contributed by atoms with Crippen LogP contribution in [0.1, 0.15) is 5.56 Å². The van der Waals surface area contributed by atoms with Gasteiger partial charge in [0.15, 0.2) is 0 Å². The molecule has 0 atom stereocenters. The SMILES string of the molecule is N#Cc1c(F)cccc1S(=O)(=O)Nc1ccc(F)cc1Br. The lowest BCUT2D eigenvalue weighted by molar-refractivity contribution is 0.593. The van der Waals surface area contributed by atoms with Crippen LogP contribution in [-0.2, 0) is 10.0 Å². The molecule has 0 saturated heterocycles. The van der Waals surface area contributed by atoms with Crippen LogP contribution in [0.15, 0.2) is 45.8 Å². The van der Waals surface area contributed by atoms with E-state index >= 15 is 0 Å². The van der Waals surface area contributed by atoms with E-state index in [1.807, 2.05) is 0 Å². The topological polar surface area (TPSA) is 70.0 Å². The van der Waals surface area contributed by atoms with Gasteiger partial charge in [0, 0.05) is 4.47 Å². The summed E-state index contributed by atoms with van der Waals surface area (Å²) in [5, 5.41) is 8.88. The molecule has 21 heavy (non-hydrogen) atoms. The van der Waals surface area contributed by atoms with E-state index in [1.165, 1.54) is 18.2 Å². The van der Waals surface area contributed by atoms with Crippen molar-refractivity contribution < 1.29 is 17.2 Å². The van der Waals surface area contributed by atoms with Crippen molar-refractivity contribution in [2.75, 3.05) is 4.72 Å². The summed E-state index contributed by atoms with van der Waals surface area (Å²) in [6.07, 6.45) is 0. The van der Waals surface area contributed by atoms with E-state index in [4.69, 9.17) is 5.26 Å². The molecule has 0 heterocycles. The standard InChI is InChI=1S/C13H7BrF2N2O2S/c14-10-6-8(15)4-5-12(10)18-21(19,20)13-3-1-2-11(16)9(13)7-17/h1-6,18H. The molecule has 2 rings (SSSR count). The number of hydrogen-bond donors (Lipinski definition) is 1. The first-order valence-electron chi connectivity index (χ1n) is 5.51. The maximum Gasteiger partial charge on any atom is 0.263 e. The smallest absolute Gasteiger partial charge is 0.263 e. The van der Waals surface area contributed by atoms with Crippen molar-refractivity contribution >= 4 is 31.6 Å². The molecule has 0 aromatic heterocycles. The molecule has 2 aromatic carbocycles. The minimum Gasteiger partial charge on any atom is -0.278 e. The third-order valence-corrected chi connectivity index (χ3v) is 4.62. The molecule has 4 nitrogen and oxygen atoms in total. The van der Waals surface area contributed by atoms with Crippen LogP contribution in [0.5, 0.6) is 0 Å². The number of hydrogen-bond acceptors (Lipinski definition) is 3. The van der Waals surface area contributed by atoms with Gasteiger partial charge in [-0.25, -0.2) is 17.2 Å². The fraction of sp³-hybridized carbons (Fsp3) is 0. The molecule has 0 radical (unpaired) electrons. The van der Waals surface area contributed by atoms with E-state index in [0.29, 0.717) is 0 Å². The summed E-state index contributed by atoms with van der Waals surface area (Å²) in [4.78, 5) is -0.485. The molecule has 0 aliphatic heterocycles. The number of nitriles is 1. The first-order valence-corrected chi connectivity index (χ1v) is 7.79. The molecule has 0 saturated carbocycles. The van der Waals surface area contributed by atoms with Gasteiger partial charge >= 0.3 is 0 Å². The number of nitrogens with one attached hydrogen (secondary N) is 1. The summed E-state index contributed by atoms with van der Waals surface area (Å²) in [6.45, 7) is 0. The second kappa shape index (κ2) is 5.79. The molecule has 1 N–H and O–H groups in total. The minimum atomic E-state index is -4.18. The fourth-order valence-electron chi connectivity index (χ4n) is 1.61. The first-order chi connectivity index (χ1) is 9.85. The Hall–Kier alpha value is -1.98. The lowest BCUT2D eigenvalue weighted by atomic mass is 10.2. The molecule has 0 fully saturated rings. The van der Waals surface area contributed by atoms with Crippen molar-refractivity contribution in [2.24, 2.45) is 0 Å². The number of anilines is 1. The molecule has 0 bridgehead atoms. The van der Waals surface area contributed by atoms with E-state index in [9.17, 15) is 17.2 Å². The quantitative estimate of drug-likeness (QED) is 0.897. The highest BCUT2D eigenvalue weighted by Crippen LogP contribution is 2.27. The van der Waals surface area contributed by atoms with Gasteiger partial charge in [0.2, 0.25) is 0 Å². The van der Waals surface area contributed by atoms with E-state index in [1.54, 1.807) is 0 Å². The molecule has 8 heteroatoms. The summed E-state index contributed by atoms with van der Waals surface area (Å²) in [5.74, 6) is -1.48. The van der Waals surface area contributed by atoms with Gasteiger partial charge in [-0.15, -0.1) is 0 Å². The fourth-order valence-corrected chi connectivity index (χ4v) is 3.44. The molecule has 0 unspecified atom stereocenters. The largest absolute Gasteiger partial charge is 0.278 e. The number of benzene rings is 2. The zero-order valence-corrected chi connectivity index (χ0v) is 12.7. The van der Waals surface area contributed by atoms with Crippen LogP contribution in [0.2, 0.25) is 0 Å². The van der Waals surface area contributed by atoms with Crippen LogP contribution < -0.4 is 4.72 Å². The summed E-state index contributed by atoms with van der Waals surface area (Å²) < 4.78 is 53.3. The van der Waals surface area contributed by atoms with Crippen LogP contribution >= 0.6 is 15.9 Å². The van der Waals surface area contributed by atoms with Crippen LogP contribution in [0.4, 0.5) is 14.5 Å². The van der Waals surface area contributed by atoms with Crippen molar-refractivity contribution in [3.8, 4) is 6.07 Å². The highest BCUT2D eigenvalue weighted by molar-refractivity contribution is 9.10. The monoisotopic (exact) mass is 372 g/mol. The van der Waals surface area contributed by atoms with Gasteiger partial charge < -0.3 is 0 Å². The normalized spacial score (nSPS) is 11.0. The Balaban J connectivity index is 2.49. The van der Waals surface area contributed by atoms with Crippen molar-refractivity contribution in [1.29, 1.82) is 5.26 Å². The number of rotatable bonds is 3. The predicted octanol–water partition coefficient (Wildman–Crippen LogP) is 3.40. The van der Waals surface area contributed by atoms with Crippen LogP contribution in [-0.4, -0.2) is 8.42 Å². The molecule has 0 aliphatic rings. The van der Waals surface area contributed by atoms with E-state index in [2.05, 4.69) is 20.7 Å². The maximum atomic E-state index is 13.5. The van der Waals surface area contributed by atoms with Gasteiger partial charge in [-0.3, -0.25) is 4.72 Å².